The number of carboxylic acids is 1. The Morgan fingerprint density at radius 2 is 2.29 bits per heavy atom. The van der Waals surface area contributed by atoms with Crippen LogP contribution in [0.5, 0.6) is 0 Å². The molecule has 2 aliphatic rings. The van der Waals surface area contributed by atoms with Crippen LogP contribution in [0.3, 0.4) is 0 Å². The van der Waals surface area contributed by atoms with Gasteiger partial charge in [-0.2, -0.15) is 0 Å². The molecule has 0 aliphatic heterocycles. The second-order valence-electron chi connectivity index (χ2n) is 4.10. The quantitative estimate of drug-likeness (QED) is 0.769. The minimum absolute atomic E-state index is 0.152. The van der Waals surface area contributed by atoms with Crippen LogP contribution in [0, 0.1) is 11.8 Å². The lowest BCUT2D eigenvalue weighted by Gasteiger charge is -2.04. The fourth-order valence-electron chi connectivity index (χ4n) is 2.70. The van der Waals surface area contributed by atoms with Gasteiger partial charge in [-0.1, -0.05) is 17.7 Å². The molecule has 3 heteroatoms. The molecular weight excluding hydrogens is 200 g/mol. The van der Waals surface area contributed by atoms with Crippen LogP contribution >= 0.6 is 11.6 Å². The van der Waals surface area contributed by atoms with E-state index in [1.54, 1.807) is 0 Å². The Morgan fingerprint density at radius 3 is 3.00 bits per heavy atom. The summed E-state index contributed by atoms with van der Waals surface area (Å²) in [6.45, 7) is 0. The van der Waals surface area contributed by atoms with Gasteiger partial charge in [-0.15, -0.1) is 0 Å². The van der Waals surface area contributed by atoms with Crippen LogP contribution in [0.25, 0.3) is 0 Å². The molecule has 72 valence electrons. The van der Waals surface area contributed by atoms with Crippen molar-refractivity contribution in [2.75, 3.05) is 0 Å². The molecule has 1 aromatic carbocycles. The highest BCUT2D eigenvalue weighted by Crippen LogP contribution is 2.61. The first kappa shape index (κ1) is 8.30. The number of carboxylic acid groups (broad SMARTS) is 1. The molecule has 0 radical (unpaired) electrons. The van der Waals surface area contributed by atoms with Crippen molar-refractivity contribution in [1.29, 1.82) is 0 Å². The molecule has 3 atom stereocenters. The van der Waals surface area contributed by atoms with Crippen molar-refractivity contribution >= 4 is 17.6 Å². The molecule has 14 heavy (non-hydrogen) atoms. The summed E-state index contributed by atoms with van der Waals surface area (Å²) in [5.41, 5.74) is 2.44. The van der Waals surface area contributed by atoms with Gasteiger partial charge in [0.1, 0.15) is 0 Å². The van der Waals surface area contributed by atoms with Crippen LogP contribution in [0.15, 0.2) is 18.2 Å². The van der Waals surface area contributed by atoms with Gasteiger partial charge in [0.05, 0.1) is 5.92 Å². The molecule has 0 amide bonds. The molecule has 0 aromatic heterocycles. The van der Waals surface area contributed by atoms with Crippen molar-refractivity contribution in [2.24, 2.45) is 11.8 Å². The summed E-state index contributed by atoms with van der Waals surface area (Å²) in [5, 5.41) is 9.63. The predicted molar refractivity (Wildman–Crippen MR) is 52.5 cm³/mol. The zero-order valence-electron chi connectivity index (χ0n) is 7.40. The number of hydrogen-bond acceptors (Lipinski definition) is 1. The fourth-order valence-corrected chi connectivity index (χ4v) is 2.89. The predicted octanol–water partition coefficient (Wildman–Crippen LogP) is 2.31. The normalized spacial score (nSPS) is 32.2. The average molecular weight is 209 g/mol. The fraction of sp³-hybridized carbons (Fsp3) is 0.364. The second kappa shape index (κ2) is 2.51. The third-order valence-electron chi connectivity index (χ3n) is 3.38. The third kappa shape index (κ3) is 0.947. The Balaban J connectivity index is 2.01. The Morgan fingerprint density at radius 1 is 1.50 bits per heavy atom. The van der Waals surface area contributed by atoms with Gasteiger partial charge in [-0.3, -0.25) is 4.79 Å². The average Bonchev–Trinajstić information content (AvgIpc) is 2.73. The summed E-state index contributed by atoms with van der Waals surface area (Å²) in [5.74, 6) is -0.242. The SMILES string of the molecule is O=C(O)[C@@H]1[C@@H]2Cc3ccc(Cl)cc3[C@@H]21. The zero-order chi connectivity index (χ0) is 9.87. The second-order valence-corrected chi connectivity index (χ2v) is 4.54. The van der Waals surface area contributed by atoms with Gasteiger partial charge in [0.25, 0.3) is 0 Å². The summed E-state index contributed by atoms with van der Waals surface area (Å²) in [4.78, 5) is 10.8. The van der Waals surface area contributed by atoms with E-state index in [1.165, 1.54) is 5.56 Å². The summed E-state index contributed by atoms with van der Waals surface area (Å²) >= 11 is 5.89. The van der Waals surface area contributed by atoms with Gasteiger partial charge in [-0.05, 0) is 35.6 Å². The minimum Gasteiger partial charge on any atom is -0.481 e. The summed E-state index contributed by atoms with van der Waals surface area (Å²) in [7, 11) is 0. The first-order valence-electron chi connectivity index (χ1n) is 4.69. The van der Waals surface area contributed by atoms with Crippen LogP contribution in [-0.2, 0) is 11.2 Å². The van der Waals surface area contributed by atoms with Crippen LogP contribution in [0.1, 0.15) is 17.0 Å². The van der Waals surface area contributed by atoms with Gasteiger partial charge in [0, 0.05) is 10.9 Å². The zero-order valence-corrected chi connectivity index (χ0v) is 8.16. The summed E-state index contributed by atoms with van der Waals surface area (Å²) in [6.07, 6.45) is 0.911. The van der Waals surface area contributed by atoms with Crippen molar-refractivity contribution < 1.29 is 9.90 Å². The maximum atomic E-state index is 10.8. The van der Waals surface area contributed by atoms with Crippen LogP contribution < -0.4 is 0 Å². The number of fused-ring (bicyclic) bond motifs is 3. The Labute approximate surface area is 86.5 Å². The number of hydrogen-bond donors (Lipinski definition) is 1. The highest BCUT2D eigenvalue weighted by Gasteiger charge is 2.59. The van der Waals surface area contributed by atoms with E-state index in [0.29, 0.717) is 10.9 Å². The van der Waals surface area contributed by atoms with E-state index in [0.717, 1.165) is 12.0 Å². The molecule has 0 spiro atoms. The number of benzene rings is 1. The Bertz CT molecular complexity index is 427. The molecule has 3 rings (SSSR count). The van der Waals surface area contributed by atoms with Crippen molar-refractivity contribution in [2.45, 2.75) is 12.3 Å². The lowest BCUT2D eigenvalue weighted by Crippen LogP contribution is -2.04. The molecule has 2 nitrogen and oxygen atoms in total. The maximum absolute atomic E-state index is 10.8. The molecular formula is C11H9ClO2. The smallest absolute Gasteiger partial charge is 0.307 e. The maximum Gasteiger partial charge on any atom is 0.307 e. The van der Waals surface area contributed by atoms with Gasteiger partial charge in [0.2, 0.25) is 0 Å². The highest BCUT2D eigenvalue weighted by atomic mass is 35.5. The lowest BCUT2D eigenvalue weighted by molar-refractivity contribution is -0.139. The van der Waals surface area contributed by atoms with Crippen LogP contribution in [0.2, 0.25) is 5.02 Å². The van der Waals surface area contributed by atoms with Crippen LogP contribution in [0.4, 0.5) is 0 Å². The summed E-state index contributed by atoms with van der Waals surface area (Å²) < 4.78 is 0. The molecule has 1 N–H and O–H groups in total. The Hall–Kier alpha value is -1.02. The van der Waals surface area contributed by atoms with Gasteiger partial charge in [-0.25, -0.2) is 0 Å². The van der Waals surface area contributed by atoms with E-state index in [2.05, 4.69) is 0 Å². The minimum atomic E-state index is -0.661. The molecule has 2 aliphatic carbocycles. The topological polar surface area (TPSA) is 37.3 Å². The van der Waals surface area contributed by atoms with E-state index in [-0.39, 0.29) is 11.8 Å². The van der Waals surface area contributed by atoms with Crippen molar-refractivity contribution in [3.8, 4) is 0 Å². The first-order valence-corrected chi connectivity index (χ1v) is 5.07. The molecule has 1 fully saturated rings. The molecule has 1 saturated carbocycles. The number of rotatable bonds is 1. The van der Waals surface area contributed by atoms with Crippen molar-refractivity contribution in [3.05, 3.63) is 34.3 Å². The van der Waals surface area contributed by atoms with E-state index in [4.69, 9.17) is 16.7 Å². The molecule has 0 heterocycles. The molecule has 0 bridgehead atoms. The van der Waals surface area contributed by atoms with E-state index < -0.39 is 5.97 Å². The monoisotopic (exact) mass is 208 g/mol. The lowest BCUT2D eigenvalue weighted by atomic mass is 10.0. The summed E-state index contributed by atoms with van der Waals surface area (Å²) in [6, 6.07) is 5.81. The number of halogens is 1. The highest BCUT2D eigenvalue weighted by molar-refractivity contribution is 6.30. The van der Waals surface area contributed by atoms with Gasteiger partial charge < -0.3 is 5.11 Å². The largest absolute Gasteiger partial charge is 0.481 e. The van der Waals surface area contributed by atoms with Gasteiger partial charge >= 0.3 is 5.97 Å². The third-order valence-corrected chi connectivity index (χ3v) is 3.61. The van der Waals surface area contributed by atoms with Gasteiger partial charge in [0.15, 0.2) is 0 Å². The molecule has 0 saturated heterocycles. The molecule has 0 unspecified atom stereocenters. The number of aliphatic carboxylic acids is 1. The van der Waals surface area contributed by atoms with Crippen LogP contribution in [-0.4, -0.2) is 11.1 Å². The van der Waals surface area contributed by atoms with E-state index in [9.17, 15) is 4.79 Å². The van der Waals surface area contributed by atoms with Crippen molar-refractivity contribution in [1.82, 2.24) is 0 Å². The first-order chi connectivity index (χ1) is 6.68. The van der Waals surface area contributed by atoms with E-state index >= 15 is 0 Å². The Kier molecular flexibility index (Phi) is 1.49. The van der Waals surface area contributed by atoms with Crippen molar-refractivity contribution in [3.63, 3.8) is 0 Å². The standard InChI is InChI=1S/C11H9ClO2/c12-6-2-1-5-3-8-9(7(5)4-6)10(8)11(13)14/h1-2,4,8-10H,3H2,(H,13,14)/t8-,9+,10-/m1/s1. The van der Waals surface area contributed by atoms with E-state index in [1.807, 2.05) is 18.2 Å². The molecule has 1 aromatic rings. The number of carbonyl (C=O) groups is 1.